The van der Waals surface area contributed by atoms with E-state index in [1.165, 1.54) is 18.0 Å². The zero-order chi connectivity index (χ0) is 20.7. The smallest absolute Gasteiger partial charge is 0.353 e. The van der Waals surface area contributed by atoms with Crippen molar-refractivity contribution in [2.75, 3.05) is 11.9 Å². The maximum atomic E-state index is 12.8. The Morgan fingerprint density at radius 3 is 2.70 bits per heavy atom. The molecule has 0 aliphatic carbocycles. The first-order chi connectivity index (χ1) is 14.6. The summed E-state index contributed by atoms with van der Waals surface area (Å²) < 4.78 is 0. The second kappa shape index (κ2) is 7.27. The summed E-state index contributed by atoms with van der Waals surface area (Å²) in [6.07, 6.45) is 1.45. The van der Waals surface area contributed by atoms with Gasteiger partial charge in [-0.25, -0.2) is 9.78 Å². The third-order valence-electron chi connectivity index (χ3n) is 4.89. The molecule has 5 rings (SSSR count). The van der Waals surface area contributed by atoms with E-state index in [2.05, 4.69) is 20.3 Å². The van der Waals surface area contributed by atoms with Gasteiger partial charge in [-0.1, -0.05) is 42.1 Å². The summed E-state index contributed by atoms with van der Waals surface area (Å²) in [6, 6.07) is 14.4. The van der Waals surface area contributed by atoms with Gasteiger partial charge in [0.2, 0.25) is 0 Å². The highest BCUT2D eigenvalue weighted by Gasteiger charge is 2.36. The topological polar surface area (TPSA) is 108 Å². The van der Waals surface area contributed by atoms with Crippen molar-refractivity contribution in [3.05, 3.63) is 77.1 Å². The number of aliphatic imine (C=N–C) groups is 1. The zero-order valence-corrected chi connectivity index (χ0v) is 16.3. The molecule has 9 heteroatoms. The molecule has 0 saturated carbocycles. The normalized spacial score (nSPS) is 17.5. The Hall–Kier alpha value is -3.72. The van der Waals surface area contributed by atoms with Crippen LogP contribution in [0.25, 0.3) is 11.0 Å². The summed E-state index contributed by atoms with van der Waals surface area (Å²) in [5.74, 6) is -1.35. The van der Waals surface area contributed by atoms with Crippen LogP contribution in [0.2, 0.25) is 0 Å². The molecule has 148 valence electrons. The maximum absolute atomic E-state index is 12.8. The van der Waals surface area contributed by atoms with Crippen molar-refractivity contribution in [1.82, 2.24) is 14.9 Å². The van der Waals surface area contributed by atoms with E-state index in [1.54, 1.807) is 22.4 Å². The first kappa shape index (κ1) is 18.3. The highest BCUT2D eigenvalue weighted by atomic mass is 32.2. The molecule has 0 saturated heterocycles. The lowest BCUT2D eigenvalue weighted by molar-refractivity contribution is -0.133. The lowest BCUT2D eigenvalue weighted by Crippen LogP contribution is -2.26. The number of carboxylic acid groups (broad SMARTS) is 1. The van der Waals surface area contributed by atoms with Crippen molar-refractivity contribution in [3.8, 4) is 0 Å². The summed E-state index contributed by atoms with van der Waals surface area (Å²) in [5.41, 5.74) is 3.22. The molecule has 2 aromatic carbocycles. The van der Waals surface area contributed by atoms with Gasteiger partial charge in [0.25, 0.3) is 5.91 Å². The van der Waals surface area contributed by atoms with Crippen LogP contribution in [-0.4, -0.2) is 43.6 Å². The van der Waals surface area contributed by atoms with Gasteiger partial charge in [-0.05, 0) is 18.2 Å². The molecule has 30 heavy (non-hydrogen) atoms. The molecule has 8 nitrogen and oxygen atoms in total. The zero-order valence-electron chi connectivity index (χ0n) is 15.5. The number of rotatable bonds is 4. The molecule has 2 N–H and O–H groups in total. The lowest BCUT2D eigenvalue weighted by Gasteiger charge is -2.17. The van der Waals surface area contributed by atoms with E-state index in [0.29, 0.717) is 22.9 Å². The van der Waals surface area contributed by atoms with Gasteiger partial charge in [0.05, 0.1) is 29.8 Å². The highest BCUT2D eigenvalue weighted by molar-refractivity contribution is 8.16. The fourth-order valence-electron chi connectivity index (χ4n) is 3.45. The Kier molecular flexibility index (Phi) is 4.44. The molecule has 0 bridgehead atoms. The van der Waals surface area contributed by atoms with E-state index >= 15 is 0 Å². The number of hydrogen-bond acceptors (Lipinski definition) is 7. The largest absolute Gasteiger partial charge is 0.477 e. The first-order valence-electron chi connectivity index (χ1n) is 9.17. The van der Waals surface area contributed by atoms with Crippen LogP contribution in [0, 0.1) is 0 Å². The standard InChI is InChI=1S/C21H15N5O3S/c27-19(16-9-22-14-7-3-4-8-15(14)23-16)24-13-6-2-1-5-12(13)17-10-26-18(20(28)29)11-30-21(26)25-17/h1-9,11,17H,10H2,(H,24,27)(H,28,29). The van der Waals surface area contributed by atoms with Gasteiger partial charge in [0, 0.05) is 16.7 Å². The fourth-order valence-corrected chi connectivity index (χ4v) is 4.38. The number of carbonyl (C=O) groups excluding carboxylic acids is 1. The number of nitrogens with one attached hydrogen (secondary N) is 1. The van der Waals surface area contributed by atoms with Gasteiger partial charge >= 0.3 is 5.97 Å². The molecule has 1 amide bonds. The minimum Gasteiger partial charge on any atom is -0.477 e. The van der Waals surface area contributed by atoms with E-state index < -0.39 is 5.97 Å². The number of amidine groups is 1. The summed E-state index contributed by atoms with van der Waals surface area (Å²) in [4.78, 5) is 39.2. The minimum atomic E-state index is -0.982. The minimum absolute atomic E-state index is 0.216. The van der Waals surface area contributed by atoms with Crippen LogP contribution in [0.5, 0.6) is 0 Å². The predicted octanol–water partition coefficient (Wildman–Crippen LogP) is 3.27. The third kappa shape index (κ3) is 3.18. The highest BCUT2D eigenvalue weighted by Crippen LogP contribution is 2.38. The number of thioether (sulfide) groups is 1. The molecule has 1 atom stereocenters. The number of nitrogens with zero attached hydrogens (tertiary/aromatic N) is 4. The molecular formula is C21H15N5O3S. The number of carbonyl (C=O) groups is 2. The van der Waals surface area contributed by atoms with Crippen LogP contribution in [-0.2, 0) is 4.79 Å². The number of fused-ring (bicyclic) bond motifs is 2. The average Bonchev–Trinajstić information content (AvgIpc) is 3.34. The van der Waals surface area contributed by atoms with Crippen LogP contribution in [0.3, 0.4) is 0 Å². The quantitative estimate of drug-likeness (QED) is 0.671. The van der Waals surface area contributed by atoms with Gasteiger partial charge < -0.3 is 15.3 Å². The number of hydrogen-bond donors (Lipinski definition) is 2. The third-order valence-corrected chi connectivity index (χ3v) is 5.77. The van der Waals surface area contributed by atoms with E-state index in [9.17, 15) is 14.7 Å². The molecule has 1 unspecified atom stereocenters. The van der Waals surface area contributed by atoms with Gasteiger partial charge in [0.15, 0.2) is 5.17 Å². The second-order valence-electron chi connectivity index (χ2n) is 6.75. The van der Waals surface area contributed by atoms with Crippen molar-refractivity contribution in [2.45, 2.75) is 6.04 Å². The van der Waals surface area contributed by atoms with Crippen molar-refractivity contribution in [3.63, 3.8) is 0 Å². The number of para-hydroxylation sites is 3. The van der Waals surface area contributed by atoms with Crippen LogP contribution >= 0.6 is 11.8 Å². The molecule has 0 radical (unpaired) electrons. The van der Waals surface area contributed by atoms with Gasteiger partial charge in [0.1, 0.15) is 11.4 Å². The number of amides is 1. The number of anilines is 1. The molecule has 2 aliphatic rings. The molecule has 0 fully saturated rings. The van der Waals surface area contributed by atoms with Crippen LogP contribution in [0.15, 0.2) is 70.8 Å². The monoisotopic (exact) mass is 417 g/mol. The van der Waals surface area contributed by atoms with Crippen molar-refractivity contribution >= 4 is 45.5 Å². The molecule has 0 spiro atoms. The Morgan fingerprint density at radius 2 is 1.87 bits per heavy atom. The maximum Gasteiger partial charge on any atom is 0.353 e. The van der Waals surface area contributed by atoms with E-state index in [1.807, 2.05) is 36.4 Å². The van der Waals surface area contributed by atoms with E-state index in [-0.39, 0.29) is 23.3 Å². The van der Waals surface area contributed by atoms with Gasteiger partial charge in [-0.3, -0.25) is 14.8 Å². The summed E-state index contributed by atoms with van der Waals surface area (Å²) in [7, 11) is 0. The van der Waals surface area contributed by atoms with Crippen LogP contribution in [0.4, 0.5) is 5.69 Å². The summed E-state index contributed by atoms with van der Waals surface area (Å²) in [6.45, 7) is 0.406. The molecule has 2 aliphatic heterocycles. The van der Waals surface area contributed by atoms with Crippen molar-refractivity contribution < 1.29 is 14.7 Å². The first-order valence-corrected chi connectivity index (χ1v) is 10.1. The van der Waals surface area contributed by atoms with E-state index in [0.717, 1.165) is 11.1 Å². The Balaban J connectivity index is 1.40. The van der Waals surface area contributed by atoms with Crippen molar-refractivity contribution in [2.24, 2.45) is 4.99 Å². The van der Waals surface area contributed by atoms with E-state index in [4.69, 9.17) is 0 Å². The van der Waals surface area contributed by atoms with Crippen molar-refractivity contribution in [1.29, 1.82) is 0 Å². The fraction of sp³-hybridized carbons (Fsp3) is 0.0952. The number of aromatic nitrogens is 2. The molecule has 3 aromatic rings. The molecular weight excluding hydrogens is 402 g/mol. The van der Waals surface area contributed by atoms with Gasteiger partial charge in [-0.15, -0.1) is 0 Å². The second-order valence-corrected chi connectivity index (χ2v) is 7.59. The number of benzene rings is 2. The summed E-state index contributed by atoms with van der Waals surface area (Å²) in [5, 5.41) is 14.5. The Bertz CT molecular complexity index is 1260. The molecule has 3 heterocycles. The number of aliphatic carboxylic acids is 1. The Morgan fingerprint density at radius 1 is 1.10 bits per heavy atom. The number of carboxylic acids is 1. The van der Waals surface area contributed by atoms with Crippen LogP contribution < -0.4 is 5.32 Å². The lowest BCUT2D eigenvalue weighted by atomic mass is 10.0. The average molecular weight is 417 g/mol. The van der Waals surface area contributed by atoms with Crippen LogP contribution in [0.1, 0.15) is 22.1 Å². The molecule has 1 aromatic heterocycles. The predicted molar refractivity (Wildman–Crippen MR) is 114 cm³/mol. The summed E-state index contributed by atoms with van der Waals surface area (Å²) >= 11 is 1.29. The Labute approximate surface area is 175 Å². The van der Waals surface area contributed by atoms with Gasteiger partial charge in [-0.2, -0.15) is 0 Å². The SMILES string of the molecule is O=C(O)C1=CSC2=NC(c3ccccc3NC(=O)c3cnc4ccccc4n3)CN12.